The molecule has 0 saturated carbocycles. The lowest BCUT2D eigenvalue weighted by atomic mass is 10.2. The van der Waals surface area contributed by atoms with E-state index >= 15 is 0 Å². The van der Waals surface area contributed by atoms with Gasteiger partial charge in [-0.05, 0) is 30.0 Å². The second-order valence-corrected chi connectivity index (χ2v) is 3.40. The van der Waals surface area contributed by atoms with Gasteiger partial charge in [0.1, 0.15) is 0 Å². The van der Waals surface area contributed by atoms with Crippen LogP contribution in [0.15, 0.2) is 35.4 Å². The molecule has 2 heterocycles. The Morgan fingerprint density at radius 2 is 2.36 bits per heavy atom. The number of thiophene rings is 1. The molecular weight excluding hydrogens is 154 g/mol. The summed E-state index contributed by atoms with van der Waals surface area (Å²) in [6.45, 7) is 2.09. The molecule has 1 aromatic heterocycles. The standard InChI is InChI=1S/C9H8NS/c1-7-4-5-10-9(7)8-3-2-6-11-8/h2-6H,1H3. The lowest BCUT2D eigenvalue weighted by Gasteiger charge is -1.97. The first-order chi connectivity index (χ1) is 5.38. The molecule has 0 saturated heterocycles. The van der Waals surface area contributed by atoms with Crippen LogP contribution in [0.25, 0.3) is 5.70 Å². The molecule has 0 unspecified atom stereocenters. The van der Waals surface area contributed by atoms with Gasteiger partial charge in [-0.3, -0.25) is 5.32 Å². The van der Waals surface area contributed by atoms with Crippen LogP contribution >= 0.6 is 11.3 Å². The van der Waals surface area contributed by atoms with Gasteiger partial charge >= 0.3 is 0 Å². The predicted molar refractivity (Wildman–Crippen MR) is 48.2 cm³/mol. The van der Waals surface area contributed by atoms with Crippen LogP contribution in [0.2, 0.25) is 0 Å². The third-order valence-electron chi connectivity index (χ3n) is 1.66. The van der Waals surface area contributed by atoms with Crippen molar-refractivity contribution in [1.29, 1.82) is 0 Å². The molecule has 0 amide bonds. The minimum absolute atomic E-state index is 1.13. The summed E-state index contributed by atoms with van der Waals surface area (Å²) in [5.41, 5.74) is 2.38. The van der Waals surface area contributed by atoms with Gasteiger partial charge in [-0.25, -0.2) is 0 Å². The molecule has 0 fully saturated rings. The maximum Gasteiger partial charge on any atom is 0.0831 e. The van der Waals surface area contributed by atoms with E-state index in [0.29, 0.717) is 0 Å². The smallest absolute Gasteiger partial charge is 0.0831 e. The minimum Gasteiger partial charge on any atom is -0.255 e. The van der Waals surface area contributed by atoms with Crippen molar-refractivity contribution < 1.29 is 0 Å². The van der Waals surface area contributed by atoms with Crippen molar-refractivity contribution in [3.05, 3.63) is 40.2 Å². The Hall–Kier alpha value is -1.02. The molecule has 1 nitrogen and oxygen atoms in total. The van der Waals surface area contributed by atoms with Crippen LogP contribution in [0.5, 0.6) is 0 Å². The van der Waals surface area contributed by atoms with E-state index < -0.39 is 0 Å². The molecule has 0 aromatic carbocycles. The van der Waals surface area contributed by atoms with Gasteiger partial charge in [-0.1, -0.05) is 6.07 Å². The van der Waals surface area contributed by atoms with Gasteiger partial charge in [-0.2, -0.15) is 0 Å². The zero-order valence-electron chi connectivity index (χ0n) is 6.24. The van der Waals surface area contributed by atoms with Crippen LogP contribution in [0, 0.1) is 0 Å². The molecule has 0 spiro atoms. The molecule has 1 aromatic rings. The molecule has 1 aliphatic heterocycles. The Balaban J connectivity index is 2.39. The summed E-state index contributed by atoms with van der Waals surface area (Å²) in [6, 6.07) is 4.15. The van der Waals surface area contributed by atoms with Crippen LogP contribution in [-0.4, -0.2) is 0 Å². The van der Waals surface area contributed by atoms with E-state index in [9.17, 15) is 0 Å². The quantitative estimate of drug-likeness (QED) is 0.602. The lowest BCUT2D eigenvalue weighted by Crippen LogP contribution is -1.89. The first-order valence-corrected chi connectivity index (χ1v) is 4.38. The fourth-order valence-corrected chi connectivity index (χ4v) is 1.86. The highest BCUT2D eigenvalue weighted by molar-refractivity contribution is 7.11. The van der Waals surface area contributed by atoms with E-state index in [4.69, 9.17) is 0 Å². The van der Waals surface area contributed by atoms with Crippen molar-refractivity contribution in [3.63, 3.8) is 0 Å². The number of rotatable bonds is 1. The molecule has 0 N–H and O–H groups in total. The normalized spacial score (nSPS) is 15.7. The van der Waals surface area contributed by atoms with Crippen LogP contribution < -0.4 is 5.32 Å². The Kier molecular flexibility index (Phi) is 1.55. The van der Waals surface area contributed by atoms with E-state index in [1.54, 1.807) is 11.3 Å². The van der Waals surface area contributed by atoms with Gasteiger partial charge in [0.25, 0.3) is 0 Å². The van der Waals surface area contributed by atoms with Crippen molar-refractivity contribution >= 4 is 17.0 Å². The average Bonchev–Trinajstić information content (AvgIpc) is 2.55. The number of hydrogen-bond acceptors (Lipinski definition) is 1. The van der Waals surface area contributed by atoms with Crippen LogP contribution in [0.1, 0.15) is 11.8 Å². The molecule has 0 atom stereocenters. The second-order valence-electron chi connectivity index (χ2n) is 2.45. The largest absolute Gasteiger partial charge is 0.255 e. The molecule has 11 heavy (non-hydrogen) atoms. The molecule has 2 heteroatoms. The molecule has 1 aliphatic rings. The Bertz CT molecular complexity index is 306. The highest BCUT2D eigenvalue weighted by Gasteiger charge is 2.08. The van der Waals surface area contributed by atoms with Gasteiger partial charge in [0, 0.05) is 6.20 Å². The first kappa shape index (κ1) is 6.68. The highest BCUT2D eigenvalue weighted by atomic mass is 32.1. The van der Waals surface area contributed by atoms with Crippen molar-refractivity contribution in [2.45, 2.75) is 6.92 Å². The lowest BCUT2D eigenvalue weighted by molar-refractivity contribution is 1.23. The maximum atomic E-state index is 4.27. The Labute approximate surface area is 70.1 Å². The van der Waals surface area contributed by atoms with Crippen LogP contribution in [0.4, 0.5) is 0 Å². The zero-order chi connectivity index (χ0) is 7.68. The summed E-state index contributed by atoms with van der Waals surface area (Å²) in [5.74, 6) is 0. The monoisotopic (exact) mass is 162 g/mol. The Morgan fingerprint density at radius 1 is 1.45 bits per heavy atom. The summed E-state index contributed by atoms with van der Waals surface area (Å²) in [6.07, 6.45) is 3.89. The molecule has 1 radical (unpaired) electrons. The number of allylic oxidation sites excluding steroid dienone is 2. The topological polar surface area (TPSA) is 14.1 Å². The highest BCUT2D eigenvalue weighted by Crippen LogP contribution is 2.25. The van der Waals surface area contributed by atoms with Crippen molar-refractivity contribution in [1.82, 2.24) is 5.32 Å². The summed E-state index contributed by atoms with van der Waals surface area (Å²) in [7, 11) is 0. The average molecular weight is 162 g/mol. The summed E-state index contributed by atoms with van der Waals surface area (Å²) < 4.78 is 0. The van der Waals surface area contributed by atoms with Crippen molar-refractivity contribution in [3.8, 4) is 0 Å². The van der Waals surface area contributed by atoms with Gasteiger partial charge < -0.3 is 0 Å². The van der Waals surface area contributed by atoms with E-state index in [1.807, 2.05) is 18.3 Å². The maximum absolute atomic E-state index is 4.27. The summed E-state index contributed by atoms with van der Waals surface area (Å²) >= 11 is 1.73. The Morgan fingerprint density at radius 3 is 2.91 bits per heavy atom. The number of hydrogen-bond donors (Lipinski definition) is 0. The van der Waals surface area contributed by atoms with Gasteiger partial charge in [-0.15, -0.1) is 11.3 Å². The fourth-order valence-electron chi connectivity index (χ4n) is 1.08. The van der Waals surface area contributed by atoms with Crippen LogP contribution in [0.3, 0.4) is 0 Å². The SMILES string of the molecule is CC1=C(c2cccs2)[N]C=C1. The van der Waals surface area contributed by atoms with E-state index in [-0.39, 0.29) is 0 Å². The predicted octanol–water partition coefficient (Wildman–Crippen LogP) is 2.61. The summed E-state index contributed by atoms with van der Waals surface area (Å²) in [4.78, 5) is 1.26. The molecule has 55 valence electrons. The van der Waals surface area contributed by atoms with Crippen LogP contribution in [-0.2, 0) is 0 Å². The molecule has 0 aliphatic carbocycles. The zero-order valence-corrected chi connectivity index (χ0v) is 7.06. The van der Waals surface area contributed by atoms with E-state index in [2.05, 4.69) is 23.7 Å². The van der Waals surface area contributed by atoms with Gasteiger partial charge in [0.05, 0.1) is 10.6 Å². The minimum atomic E-state index is 1.13. The fraction of sp³-hybridized carbons (Fsp3) is 0.111. The second kappa shape index (κ2) is 2.55. The van der Waals surface area contributed by atoms with Gasteiger partial charge in [0.2, 0.25) is 0 Å². The number of nitrogens with zero attached hydrogens (tertiary/aromatic N) is 1. The van der Waals surface area contributed by atoms with E-state index in [1.165, 1.54) is 10.5 Å². The van der Waals surface area contributed by atoms with Crippen molar-refractivity contribution in [2.24, 2.45) is 0 Å². The first-order valence-electron chi connectivity index (χ1n) is 3.50. The molecule has 0 bridgehead atoms. The molecular formula is C9H8NS. The third kappa shape index (κ3) is 1.10. The third-order valence-corrected chi connectivity index (χ3v) is 2.53. The molecule has 2 rings (SSSR count). The van der Waals surface area contributed by atoms with E-state index in [0.717, 1.165) is 5.70 Å². The van der Waals surface area contributed by atoms with Crippen molar-refractivity contribution in [2.75, 3.05) is 0 Å². The van der Waals surface area contributed by atoms with Gasteiger partial charge in [0.15, 0.2) is 0 Å². The summed E-state index contributed by atoms with van der Waals surface area (Å²) in [5, 5.41) is 6.34.